The number of nitrogens with zero attached hydrogens (tertiary/aromatic N) is 2. The van der Waals surface area contributed by atoms with Crippen molar-refractivity contribution >= 4 is 29.3 Å². The Balaban J connectivity index is 1.54. The molecule has 0 atom stereocenters. The molecule has 0 radical (unpaired) electrons. The highest BCUT2D eigenvalue weighted by Crippen LogP contribution is 2.41. The number of anilines is 1. The summed E-state index contributed by atoms with van der Waals surface area (Å²) in [6, 6.07) is 9.02. The molecule has 10 nitrogen and oxygen atoms in total. The van der Waals surface area contributed by atoms with Crippen molar-refractivity contribution in [2.45, 2.75) is 19.1 Å². The Labute approximate surface area is 201 Å². The van der Waals surface area contributed by atoms with Crippen LogP contribution in [0.2, 0.25) is 0 Å². The van der Waals surface area contributed by atoms with E-state index in [1.54, 1.807) is 12.1 Å². The fraction of sp³-hybridized carbons (Fsp3) is 0.304. The third kappa shape index (κ3) is 5.98. The summed E-state index contributed by atoms with van der Waals surface area (Å²) in [7, 11) is 4.54. The molecule has 0 aliphatic rings. The number of carbonyl (C=O) groups excluding carboxylic acids is 2. The van der Waals surface area contributed by atoms with Crippen molar-refractivity contribution in [2.24, 2.45) is 0 Å². The van der Waals surface area contributed by atoms with Gasteiger partial charge < -0.3 is 29.3 Å². The van der Waals surface area contributed by atoms with Crippen LogP contribution in [0.5, 0.6) is 17.2 Å². The molecule has 1 heterocycles. The number of carbonyl (C=O) groups is 2. The first-order valence-electron chi connectivity index (χ1n) is 10.3. The van der Waals surface area contributed by atoms with E-state index in [4.69, 9.17) is 18.6 Å². The molecule has 0 saturated heterocycles. The lowest BCUT2D eigenvalue weighted by atomic mass is 10.1. The maximum absolute atomic E-state index is 12.2. The highest BCUT2D eigenvalue weighted by Gasteiger charge is 2.18. The molecule has 2 aromatic carbocycles. The van der Waals surface area contributed by atoms with Gasteiger partial charge in [-0.1, -0.05) is 23.9 Å². The minimum Gasteiger partial charge on any atom is -0.493 e. The smallest absolute Gasteiger partial charge is 0.277 e. The number of rotatable bonds is 10. The minimum absolute atomic E-state index is 0.00758. The highest BCUT2D eigenvalue weighted by molar-refractivity contribution is 7.99. The Morgan fingerprint density at radius 2 is 1.71 bits per heavy atom. The van der Waals surface area contributed by atoms with Crippen molar-refractivity contribution < 1.29 is 28.2 Å². The van der Waals surface area contributed by atoms with Crippen LogP contribution in [-0.4, -0.2) is 55.6 Å². The van der Waals surface area contributed by atoms with E-state index in [1.807, 2.05) is 32.0 Å². The van der Waals surface area contributed by atoms with Gasteiger partial charge in [-0.2, -0.15) is 0 Å². The van der Waals surface area contributed by atoms with Gasteiger partial charge in [0.05, 0.1) is 33.6 Å². The molecule has 34 heavy (non-hydrogen) atoms. The molecule has 0 unspecified atom stereocenters. The Morgan fingerprint density at radius 3 is 2.35 bits per heavy atom. The van der Waals surface area contributed by atoms with Crippen molar-refractivity contribution in [1.82, 2.24) is 15.5 Å². The monoisotopic (exact) mass is 486 g/mol. The van der Waals surface area contributed by atoms with Crippen LogP contribution in [0.15, 0.2) is 40.0 Å². The average Bonchev–Trinajstić information content (AvgIpc) is 3.32. The molecule has 0 bridgehead atoms. The highest BCUT2D eigenvalue weighted by atomic mass is 32.2. The Bertz CT molecular complexity index is 1160. The van der Waals surface area contributed by atoms with Crippen molar-refractivity contribution in [3.05, 3.63) is 41.5 Å². The van der Waals surface area contributed by atoms with Gasteiger partial charge >= 0.3 is 0 Å². The van der Waals surface area contributed by atoms with E-state index in [1.165, 1.54) is 21.3 Å². The maximum Gasteiger partial charge on any atom is 0.277 e. The number of aromatic nitrogens is 2. The lowest BCUT2D eigenvalue weighted by Gasteiger charge is -2.12. The van der Waals surface area contributed by atoms with Gasteiger partial charge in [-0.15, -0.1) is 10.2 Å². The zero-order chi connectivity index (χ0) is 24.7. The van der Waals surface area contributed by atoms with Crippen molar-refractivity contribution in [1.29, 1.82) is 0 Å². The molecule has 0 aliphatic heterocycles. The summed E-state index contributed by atoms with van der Waals surface area (Å²) in [6.07, 6.45) is 0. The number of hydrogen-bond donors (Lipinski definition) is 2. The molecule has 11 heteroatoms. The third-order valence-electron chi connectivity index (χ3n) is 4.97. The molecule has 0 saturated carbocycles. The number of ether oxygens (including phenoxy) is 3. The lowest BCUT2D eigenvalue weighted by Crippen LogP contribution is -2.34. The first kappa shape index (κ1) is 24.9. The maximum atomic E-state index is 12.2. The SMILES string of the molecule is COc1cc(-c2nnc(SCC(=O)NCC(=O)Nc3cccc(C)c3C)o2)cc(OC)c1OC. The fourth-order valence-electron chi connectivity index (χ4n) is 3.03. The number of amides is 2. The Morgan fingerprint density at radius 1 is 1.00 bits per heavy atom. The van der Waals surface area contributed by atoms with E-state index in [-0.39, 0.29) is 35.2 Å². The predicted octanol–water partition coefficient (Wildman–Crippen LogP) is 3.23. The van der Waals surface area contributed by atoms with Gasteiger partial charge in [0, 0.05) is 11.3 Å². The standard InChI is InChI=1S/C23H26N4O6S/c1-13-7-6-8-16(14(13)2)25-19(28)11-24-20(29)12-34-23-27-26-22(33-23)15-9-17(30-3)21(32-5)18(10-15)31-4/h6-10H,11-12H2,1-5H3,(H,24,29)(H,25,28). The second kappa shape index (κ2) is 11.4. The molecule has 0 aliphatic carbocycles. The number of hydrogen-bond acceptors (Lipinski definition) is 9. The van der Waals surface area contributed by atoms with Gasteiger partial charge in [-0.25, -0.2) is 0 Å². The van der Waals surface area contributed by atoms with Crippen LogP contribution in [0.25, 0.3) is 11.5 Å². The Kier molecular flexibility index (Phi) is 8.36. The Hall–Kier alpha value is -3.73. The molecule has 3 rings (SSSR count). The third-order valence-corrected chi connectivity index (χ3v) is 5.79. The largest absolute Gasteiger partial charge is 0.493 e. The van der Waals surface area contributed by atoms with Crippen LogP contribution in [0.4, 0.5) is 5.69 Å². The zero-order valence-corrected chi connectivity index (χ0v) is 20.4. The van der Waals surface area contributed by atoms with Gasteiger partial charge in [-0.3, -0.25) is 9.59 Å². The number of aryl methyl sites for hydroxylation is 1. The van der Waals surface area contributed by atoms with Crippen molar-refractivity contribution in [3.8, 4) is 28.7 Å². The first-order chi connectivity index (χ1) is 16.4. The van der Waals surface area contributed by atoms with Crippen LogP contribution in [0.3, 0.4) is 0 Å². The molecule has 180 valence electrons. The number of methoxy groups -OCH3 is 3. The van der Waals surface area contributed by atoms with Gasteiger partial charge in [0.1, 0.15) is 0 Å². The molecule has 1 aromatic heterocycles. The summed E-state index contributed by atoms with van der Waals surface area (Å²) in [5, 5.41) is 13.6. The molecule has 2 amide bonds. The van der Waals surface area contributed by atoms with Gasteiger partial charge in [0.15, 0.2) is 11.5 Å². The van der Waals surface area contributed by atoms with Crippen LogP contribution >= 0.6 is 11.8 Å². The zero-order valence-electron chi connectivity index (χ0n) is 19.6. The lowest BCUT2D eigenvalue weighted by molar-refractivity contribution is -0.122. The molecule has 2 N–H and O–H groups in total. The summed E-state index contributed by atoms with van der Waals surface area (Å²) in [6.45, 7) is 3.75. The number of benzene rings is 2. The van der Waals surface area contributed by atoms with E-state index in [2.05, 4.69) is 20.8 Å². The average molecular weight is 487 g/mol. The van der Waals surface area contributed by atoms with Crippen molar-refractivity contribution in [2.75, 3.05) is 38.9 Å². The van der Waals surface area contributed by atoms with E-state index in [0.717, 1.165) is 28.6 Å². The summed E-state index contributed by atoms with van der Waals surface area (Å²) < 4.78 is 21.6. The topological polar surface area (TPSA) is 125 Å². The van der Waals surface area contributed by atoms with Crippen molar-refractivity contribution in [3.63, 3.8) is 0 Å². The van der Waals surface area contributed by atoms with E-state index in [0.29, 0.717) is 22.8 Å². The predicted molar refractivity (Wildman–Crippen MR) is 128 cm³/mol. The molecule has 3 aromatic rings. The number of nitrogens with one attached hydrogen (secondary N) is 2. The van der Waals surface area contributed by atoms with Crippen LogP contribution in [-0.2, 0) is 9.59 Å². The van der Waals surface area contributed by atoms with Gasteiger partial charge in [0.2, 0.25) is 23.5 Å². The number of thioether (sulfide) groups is 1. The van der Waals surface area contributed by atoms with Gasteiger partial charge in [0.25, 0.3) is 5.22 Å². The molecular weight excluding hydrogens is 460 g/mol. The minimum atomic E-state index is -0.339. The van der Waals surface area contributed by atoms with Gasteiger partial charge in [-0.05, 0) is 43.2 Å². The second-order valence-electron chi connectivity index (χ2n) is 7.15. The normalized spacial score (nSPS) is 10.5. The van der Waals surface area contributed by atoms with E-state index < -0.39 is 0 Å². The second-order valence-corrected chi connectivity index (χ2v) is 8.07. The summed E-state index contributed by atoms with van der Waals surface area (Å²) >= 11 is 1.06. The van der Waals surface area contributed by atoms with Crippen LogP contribution in [0.1, 0.15) is 11.1 Å². The summed E-state index contributed by atoms with van der Waals surface area (Å²) in [5.74, 6) is 0.929. The molecular formula is C23H26N4O6S. The molecule has 0 fully saturated rings. The summed E-state index contributed by atoms with van der Waals surface area (Å²) in [4.78, 5) is 24.3. The van der Waals surface area contributed by atoms with E-state index >= 15 is 0 Å². The van der Waals surface area contributed by atoms with E-state index in [9.17, 15) is 9.59 Å². The summed E-state index contributed by atoms with van der Waals surface area (Å²) in [5.41, 5.74) is 3.35. The molecule has 0 spiro atoms. The quantitative estimate of drug-likeness (QED) is 0.416. The van der Waals surface area contributed by atoms with Crippen LogP contribution in [0, 0.1) is 13.8 Å². The fourth-order valence-corrected chi connectivity index (χ4v) is 3.62. The van der Waals surface area contributed by atoms with Crippen LogP contribution < -0.4 is 24.8 Å². The first-order valence-corrected chi connectivity index (χ1v) is 11.2.